The van der Waals surface area contributed by atoms with Gasteiger partial charge in [-0.3, -0.25) is 0 Å². The highest BCUT2D eigenvalue weighted by atomic mass is 16.3. The van der Waals surface area contributed by atoms with Crippen LogP contribution in [0.4, 0.5) is 0 Å². The second-order valence-corrected chi connectivity index (χ2v) is 19.2. The van der Waals surface area contributed by atoms with E-state index in [9.17, 15) is 10.2 Å². The first-order valence-electron chi connectivity index (χ1n) is 19.6. The predicted octanol–water partition coefficient (Wildman–Crippen LogP) is 9.22. The van der Waals surface area contributed by atoms with Gasteiger partial charge < -0.3 is 10.2 Å². The lowest BCUT2D eigenvalue weighted by Gasteiger charge is -2.40. The highest BCUT2D eigenvalue weighted by Gasteiger charge is 2.39. The van der Waals surface area contributed by atoms with E-state index < -0.39 is 16.2 Å². The summed E-state index contributed by atoms with van der Waals surface area (Å²) in [5.74, 6) is 0.265. The molecule has 7 aromatic rings. The maximum Gasteiger partial charge on any atom is 0.147 e. The van der Waals surface area contributed by atoms with Gasteiger partial charge >= 0.3 is 0 Å². The molecule has 12 heteroatoms. The Morgan fingerprint density at radius 3 is 1.40 bits per heavy atom. The smallest absolute Gasteiger partial charge is 0.147 e. The second-order valence-electron chi connectivity index (χ2n) is 19.2. The fraction of sp³-hybridized carbons (Fsp3) is 0.422. The number of hydrogen-bond acceptors (Lipinski definition) is 10. The molecular weight excluding hydrogens is 713 g/mol. The highest BCUT2D eigenvalue weighted by molar-refractivity contribution is 5.72. The average molecular weight is 767 g/mol. The Hall–Kier alpha value is -5.78. The van der Waals surface area contributed by atoms with Gasteiger partial charge in [0.1, 0.15) is 44.9 Å². The Morgan fingerprint density at radius 1 is 0.509 bits per heavy atom. The summed E-state index contributed by atoms with van der Waals surface area (Å²) in [4.78, 5) is 3.00. The molecule has 57 heavy (non-hydrogen) atoms. The number of aromatic nitrogens is 10. The van der Waals surface area contributed by atoms with Crippen molar-refractivity contribution in [3.8, 4) is 22.9 Å². The molecule has 0 saturated carbocycles. The van der Waals surface area contributed by atoms with Gasteiger partial charge in [0.05, 0.1) is 24.8 Å². The summed E-state index contributed by atoms with van der Waals surface area (Å²) in [6.45, 7) is 24.3. The molecule has 2 N–H and O–H groups in total. The molecule has 0 radical (unpaired) electrons. The monoisotopic (exact) mass is 766 g/mol. The van der Waals surface area contributed by atoms with Crippen LogP contribution in [0.1, 0.15) is 123 Å². The minimum Gasteiger partial charge on any atom is -0.505 e. The average Bonchev–Trinajstić information content (AvgIpc) is 3.78. The minimum atomic E-state index is -0.569. The van der Waals surface area contributed by atoms with Crippen LogP contribution in [0.2, 0.25) is 0 Å². The van der Waals surface area contributed by atoms with Crippen molar-refractivity contribution in [3.05, 3.63) is 107 Å². The molecule has 0 bridgehead atoms. The van der Waals surface area contributed by atoms with Gasteiger partial charge in [0.15, 0.2) is 0 Å². The molecule has 296 valence electrons. The van der Waals surface area contributed by atoms with Gasteiger partial charge in [0, 0.05) is 16.5 Å². The Balaban J connectivity index is 1.36. The number of rotatable bonds is 10. The maximum absolute atomic E-state index is 12.2. The van der Waals surface area contributed by atoms with Gasteiger partial charge in [-0.2, -0.15) is 20.4 Å². The molecule has 4 aromatic heterocycles. The van der Waals surface area contributed by atoms with Crippen molar-refractivity contribution in [3.63, 3.8) is 0 Å². The Labute approximate surface area is 334 Å². The van der Waals surface area contributed by atoms with Crippen LogP contribution in [0.25, 0.3) is 33.4 Å². The second kappa shape index (κ2) is 14.0. The fourth-order valence-corrected chi connectivity index (χ4v) is 8.15. The van der Waals surface area contributed by atoms with Crippen molar-refractivity contribution in [2.45, 2.75) is 117 Å². The van der Waals surface area contributed by atoms with Gasteiger partial charge in [-0.05, 0) is 69.7 Å². The molecule has 0 aliphatic carbocycles. The molecule has 3 aromatic carbocycles. The minimum absolute atomic E-state index is 0.0546. The summed E-state index contributed by atoms with van der Waals surface area (Å²) in [7, 11) is 0. The number of benzene rings is 3. The van der Waals surface area contributed by atoms with Crippen LogP contribution in [0.15, 0.2) is 79.4 Å². The molecular formula is C45H54N10O2. The van der Waals surface area contributed by atoms with Crippen molar-refractivity contribution >= 4 is 22.1 Å². The largest absolute Gasteiger partial charge is 0.505 e. The van der Waals surface area contributed by atoms with Gasteiger partial charge in [-0.15, -0.1) is 30.0 Å². The predicted molar refractivity (Wildman–Crippen MR) is 223 cm³/mol. The lowest BCUT2D eigenvalue weighted by atomic mass is 9.64. The molecule has 4 heterocycles. The normalized spacial score (nSPS) is 14.0. The topological polar surface area (TPSA) is 153 Å². The molecule has 1 unspecified atom stereocenters. The van der Waals surface area contributed by atoms with E-state index in [0.29, 0.717) is 33.4 Å². The number of aromatic hydroxyl groups is 2. The third-order valence-electron chi connectivity index (χ3n) is 11.5. The van der Waals surface area contributed by atoms with Crippen LogP contribution in [0.3, 0.4) is 0 Å². The van der Waals surface area contributed by atoms with Crippen molar-refractivity contribution in [2.75, 3.05) is 0 Å². The zero-order chi connectivity index (χ0) is 41.1. The SMILES string of the molecule is CC(C)(C)CC(C)(CCC(C)(C)c1cc(C(C)(C)C)cc(-n2nc3cnncc3n2)c1O)c1cc(-n2nc3cnncc3n2)c(O)c(C(C)(C)c2ccccc2)c1. The van der Waals surface area contributed by atoms with E-state index in [1.54, 1.807) is 24.8 Å². The third-order valence-corrected chi connectivity index (χ3v) is 11.5. The zero-order valence-corrected chi connectivity index (χ0v) is 35.0. The number of phenolic OH excluding ortho intramolecular Hbond substituents is 2. The quantitative estimate of drug-likeness (QED) is 0.138. The highest BCUT2D eigenvalue weighted by Crippen LogP contribution is 2.49. The van der Waals surface area contributed by atoms with Crippen LogP contribution in [0.5, 0.6) is 11.5 Å². The lowest BCUT2D eigenvalue weighted by Crippen LogP contribution is -2.32. The van der Waals surface area contributed by atoms with E-state index in [1.807, 2.05) is 30.3 Å². The zero-order valence-electron chi connectivity index (χ0n) is 35.0. The van der Waals surface area contributed by atoms with Crippen LogP contribution >= 0.6 is 0 Å². The van der Waals surface area contributed by atoms with Crippen LogP contribution < -0.4 is 0 Å². The van der Waals surface area contributed by atoms with Crippen LogP contribution in [-0.2, 0) is 21.7 Å². The molecule has 0 aliphatic rings. The van der Waals surface area contributed by atoms with Crippen molar-refractivity contribution in [1.82, 2.24) is 50.4 Å². The maximum atomic E-state index is 12.2. The standard InChI is InChI=1S/C45H54N10O2/c1-41(2,3)27-45(11,18-17-43(7,8)31-19-29(42(4,5)6)21-37(39(31)56)54-50-33-23-46-47-24-34(33)51-54)30-20-32(44(9,10)28-15-13-12-14-16-28)40(57)38(22-30)55-52-35-25-48-49-26-36(35)53-55/h12-16,19-26,56-57H,17-18,27H2,1-11H3. The molecule has 1 atom stereocenters. The van der Waals surface area contributed by atoms with Gasteiger partial charge in [0.25, 0.3) is 0 Å². The third kappa shape index (κ3) is 7.69. The van der Waals surface area contributed by atoms with Gasteiger partial charge in [-0.1, -0.05) is 119 Å². The summed E-state index contributed by atoms with van der Waals surface area (Å²) in [6.07, 6.45) is 8.65. The molecule has 7 rings (SSSR count). The van der Waals surface area contributed by atoms with Crippen LogP contribution in [-0.4, -0.2) is 60.6 Å². The molecule has 0 aliphatic heterocycles. The molecule has 0 fully saturated rings. The van der Waals surface area contributed by atoms with E-state index >= 15 is 0 Å². The van der Waals surface area contributed by atoms with Crippen molar-refractivity contribution in [1.29, 1.82) is 0 Å². The van der Waals surface area contributed by atoms with E-state index in [1.165, 1.54) is 9.59 Å². The van der Waals surface area contributed by atoms with Crippen molar-refractivity contribution in [2.24, 2.45) is 5.41 Å². The molecule has 0 saturated heterocycles. The van der Waals surface area contributed by atoms with E-state index in [4.69, 9.17) is 10.2 Å². The Kier molecular flexibility index (Phi) is 9.69. The summed E-state index contributed by atoms with van der Waals surface area (Å²) in [5.41, 5.74) is 6.47. The number of fused-ring (bicyclic) bond motifs is 2. The summed E-state index contributed by atoms with van der Waals surface area (Å²) < 4.78 is 0. The summed E-state index contributed by atoms with van der Waals surface area (Å²) in [6, 6.07) is 18.6. The first-order chi connectivity index (χ1) is 26.7. The van der Waals surface area contributed by atoms with Gasteiger partial charge in [-0.25, -0.2) is 0 Å². The van der Waals surface area contributed by atoms with Crippen LogP contribution in [0, 0.1) is 5.41 Å². The van der Waals surface area contributed by atoms with Gasteiger partial charge in [0.2, 0.25) is 0 Å². The fourth-order valence-electron chi connectivity index (χ4n) is 8.15. The Morgan fingerprint density at radius 2 is 0.947 bits per heavy atom. The molecule has 12 nitrogen and oxygen atoms in total. The number of nitrogens with zero attached hydrogens (tertiary/aromatic N) is 10. The first kappa shape index (κ1) is 39.5. The number of phenols is 2. The molecule has 0 spiro atoms. The van der Waals surface area contributed by atoms with E-state index in [2.05, 4.69) is 131 Å². The molecule has 0 amide bonds. The summed E-state index contributed by atoms with van der Waals surface area (Å²) >= 11 is 0. The van der Waals surface area contributed by atoms with E-state index in [0.717, 1.165) is 47.1 Å². The van der Waals surface area contributed by atoms with E-state index in [-0.39, 0.29) is 22.3 Å². The summed E-state index contributed by atoms with van der Waals surface area (Å²) in [5, 5.41) is 59.1. The first-order valence-corrected chi connectivity index (χ1v) is 19.6. The van der Waals surface area contributed by atoms with Crippen molar-refractivity contribution < 1.29 is 10.2 Å². The Bertz CT molecular complexity index is 2510. The lowest BCUT2D eigenvalue weighted by molar-refractivity contribution is 0.236. The number of hydrogen-bond donors (Lipinski definition) is 2.